The van der Waals surface area contributed by atoms with E-state index in [4.69, 9.17) is 0 Å². The van der Waals surface area contributed by atoms with E-state index in [2.05, 4.69) is 5.10 Å². The minimum Gasteiger partial charge on any atom is -0.477 e. The third-order valence-electron chi connectivity index (χ3n) is 5.16. The first-order valence-corrected chi connectivity index (χ1v) is 8.03. The molecular formula is C16H19N3O4. The van der Waals surface area contributed by atoms with Gasteiger partial charge in [0, 0.05) is 17.8 Å². The SMILES string of the molecule is C[C@@H](O)[C@H]1C(=O)N2C(C(=O)O)=C(c3cc4n(n3)CCCC4)C[C@H]12. The molecule has 0 aromatic carbocycles. The molecule has 0 radical (unpaired) electrons. The van der Waals surface area contributed by atoms with Crippen LogP contribution in [-0.2, 0) is 22.6 Å². The van der Waals surface area contributed by atoms with E-state index in [0.29, 0.717) is 17.7 Å². The molecule has 3 aliphatic heterocycles. The molecule has 1 amide bonds. The highest BCUT2D eigenvalue weighted by atomic mass is 16.4. The fourth-order valence-corrected chi connectivity index (χ4v) is 4.06. The lowest BCUT2D eigenvalue weighted by atomic mass is 9.83. The number of aliphatic hydroxyl groups is 1. The second-order valence-corrected chi connectivity index (χ2v) is 6.58. The number of carbonyl (C=O) groups is 2. The average Bonchev–Trinajstić information content (AvgIpc) is 3.05. The summed E-state index contributed by atoms with van der Waals surface area (Å²) >= 11 is 0. The average molecular weight is 317 g/mol. The molecule has 122 valence electrons. The number of rotatable bonds is 3. The van der Waals surface area contributed by atoms with Crippen molar-refractivity contribution >= 4 is 17.4 Å². The summed E-state index contributed by atoms with van der Waals surface area (Å²) < 4.78 is 1.94. The van der Waals surface area contributed by atoms with Crippen molar-refractivity contribution < 1.29 is 19.8 Å². The van der Waals surface area contributed by atoms with Gasteiger partial charge in [-0.1, -0.05) is 0 Å². The van der Waals surface area contributed by atoms with Crippen LogP contribution in [0.4, 0.5) is 0 Å². The van der Waals surface area contributed by atoms with Crippen LogP contribution in [0.15, 0.2) is 11.8 Å². The summed E-state index contributed by atoms with van der Waals surface area (Å²) in [7, 11) is 0. The lowest BCUT2D eigenvalue weighted by Gasteiger charge is -2.44. The molecule has 23 heavy (non-hydrogen) atoms. The standard InChI is InChI=1S/C16H19N3O4/c1-8(20)13-12-7-10(14(16(22)23)19(12)15(13)21)11-6-9-4-2-3-5-18(9)17-11/h6,8,12-13,20H,2-5,7H2,1H3,(H,22,23)/t8-,12-,13-/m1/s1. The van der Waals surface area contributed by atoms with Crippen molar-refractivity contribution in [1.29, 1.82) is 0 Å². The second-order valence-electron chi connectivity index (χ2n) is 6.58. The van der Waals surface area contributed by atoms with E-state index in [1.807, 2.05) is 10.7 Å². The van der Waals surface area contributed by atoms with Crippen LogP contribution >= 0.6 is 0 Å². The molecule has 4 heterocycles. The van der Waals surface area contributed by atoms with Gasteiger partial charge in [0.05, 0.1) is 23.8 Å². The van der Waals surface area contributed by atoms with Crippen LogP contribution in [0, 0.1) is 5.92 Å². The number of aromatic nitrogens is 2. The van der Waals surface area contributed by atoms with Gasteiger partial charge in [0.2, 0.25) is 5.91 Å². The highest BCUT2D eigenvalue weighted by molar-refractivity contribution is 6.05. The van der Waals surface area contributed by atoms with Gasteiger partial charge in [-0.3, -0.25) is 9.48 Å². The smallest absolute Gasteiger partial charge is 0.352 e. The maximum atomic E-state index is 12.2. The van der Waals surface area contributed by atoms with Gasteiger partial charge in [0.1, 0.15) is 5.70 Å². The molecule has 1 aromatic heterocycles. The summed E-state index contributed by atoms with van der Waals surface area (Å²) in [6, 6.07) is 1.69. The van der Waals surface area contributed by atoms with Crippen LogP contribution in [0.25, 0.3) is 5.57 Å². The quantitative estimate of drug-likeness (QED) is 0.797. The summed E-state index contributed by atoms with van der Waals surface area (Å²) in [5, 5.41) is 23.9. The summed E-state index contributed by atoms with van der Waals surface area (Å²) in [4.78, 5) is 25.2. The Balaban J connectivity index is 1.74. The van der Waals surface area contributed by atoms with Crippen LogP contribution in [0.2, 0.25) is 0 Å². The third kappa shape index (κ3) is 1.96. The van der Waals surface area contributed by atoms with E-state index < -0.39 is 18.0 Å². The Labute approximate surface area is 133 Å². The fraction of sp³-hybridized carbons (Fsp3) is 0.562. The number of amides is 1. The van der Waals surface area contributed by atoms with Gasteiger partial charge in [-0.05, 0) is 38.7 Å². The highest BCUT2D eigenvalue weighted by Gasteiger charge is 2.57. The first kappa shape index (κ1) is 14.4. The number of aliphatic hydroxyl groups excluding tert-OH is 1. The summed E-state index contributed by atoms with van der Waals surface area (Å²) in [5.74, 6) is -1.92. The van der Waals surface area contributed by atoms with Crippen molar-refractivity contribution in [2.45, 2.75) is 51.3 Å². The Morgan fingerprint density at radius 2 is 2.22 bits per heavy atom. The van der Waals surface area contributed by atoms with Gasteiger partial charge in [-0.2, -0.15) is 5.10 Å². The lowest BCUT2D eigenvalue weighted by molar-refractivity contribution is -0.161. The number of nitrogens with zero attached hydrogens (tertiary/aromatic N) is 3. The monoisotopic (exact) mass is 317 g/mol. The first-order valence-electron chi connectivity index (χ1n) is 8.03. The second kappa shape index (κ2) is 4.92. The molecule has 0 unspecified atom stereocenters. The van der Waals surface area contributed by atoms with Crippen molar-refractivity contribution in [3.05, 3.63) is 23.2 Å². The van der Waals surface area contributed by atoms with E-state index >= 15 is 0 Å². The number of carboxylic acid groups (broad SMARTS) is 1. The van der Waals surface area contributed by atoms with Gasteiger partial charge < -0.3 is 15.1 Å². The molecule has 3 aliphatic rings. The molecule has 3 atom stereocenters. The highest BCUT2D eigenvalue weighted by Crippen LogP contribution is 2.46. The lowest BCUT2D eigenvalue weighted by Crippen LogP contribution is -2.61. The zero-order valence-corrected chi connectivity index (χ0v) is 12.9. The van der Waals surface area contributed by atoms with Crippen LogP contribution in [-0.4, -0.2) is 48.9 Å². The Kier molecular flexibility index (Phi) is 3.09. The predicted octanol–water partition coefficient (Wildman–Crippen LogP) is 0.627. The molecule has 2 N–H and O–H groups in total. The molecule has 0 spiro atoms. The molecule has 1 fully saturated rings. The summed E-state index contributed by atoms with van der Waals surface area (Å²) in [6.45, 7) is 2.43. The van der Waals surface area contributed by atoms with Gasteiger partial charge in [-0.15, -0.1) is 0 Å². The van der Waals surface area contributed by atoms with Crippen molar-refractivity contribution in [1.82, 2.24) is 14.7 Å². The van der Waals surface area contributed by atoms with E-state index in [1.165, 1.54) is 4.90 Å². The molecule has 0 saturated carbocycles. The zero-order valence-electron chi connectivity index (χ0n) is 12.9. The van der Waals surface area contributed by atoms with Gasteiger partial charge in [0.15, 0.2) is 0 Å². The maximum absolute atomic E-state index is 12.2. The Hall–Kier alpha value is -2.15. The van der Waals surface area contributed by atoms with Gasteiger partial charge in [0.25, 0.3) is 0 Å². The van der Waals surface area contributed by atoms with Gasteiger partial charge in [-0.25, -0.2) is 4.79 Å². The van der Waals surface area contributed by atoms with Crippen LogP contribution in [0.1, 0.15) is 37.6 Å². The van der Waals surface area contributed by atoms with Crippen LogP contribution in [0.5, 0.6) is 0 Å². The molecule has 0 bridgehead atoms. The minimum absolute atomic E-state index is 0.0346. The van der Waals surface area contributed by atoms with Crippen molar-refractivity contribution in [3.63, 3.8) is 0 Å². The van der Waals surface area contributed by atoms with Crippen molar-refractivity contribution in [2.24, 2.45) is 5.92 Å². The van der Waals surface area contributed by atoms with E-state index in [-0.39, 0.29) is 17.6 Å². The zero-order chi connectivity index (χ0) is 16.3. The molecule has 1 aromatic rings. The van der Waals surface area contributed by atoms with Gasteiger partial charge >= 0.3 is 5.97 Å². The van der Waals surface area contributed by atoms with E-state index in [0.717, 1.165) is 31.5 Å². The Morgan fingerprint density at radius 1 is 1.43 bits per heavy atom. The van der Waals surface area contributed by atoms with E-state index in [9.17, 15) is 19.8 Å². The summed E-state index contributed by atoms with van der Waals surface area (Å²) in [6.07, 6.45) is 2.82. The number of fused-ring (bicyclic) bond motifs is 2. The number of aryl methyl sites for hydroxylation is 2. The molecule has 4 rings (SSSR count). The maximum Gasteiger partial charge on any atom is 0.352 e. The number of aliphatic carboxylic acids is 1. The Morgan fingerprint density at radius 3 is 2.87 bits per heavy atom. The topological polar surface area (TPSA) is 95.7 Å². The molecule has 1 saturated heterocycles. The van der Waals surface area contributed by atoms with Crippen molar-refractivity contribution in [2.75, 3.05) is 0 Å². The number of carboxylic acids is 1. The number of carbonyl (C=O) groups excluding carboxylic acids is 1. The van der Waals surface area contributed by atoms with E-state index in [1.54, 1.807) is 6.92 Å². The predicted molar refractivity (Wildman–Crippen MR) is 80.1 cm³/mol. The van der Waals surface area contributed by atoms with Crippen molar-refractivity contribution in [3.8, 4) is 0 Å². The largest absolute Gasteiger partial charge is 0.477 e. The van der Waals surface area contributed by atoms with Crippen LogP contribution < -0.4 is 0 Å². The fourth-order valence-electron chi connectivity index (χ4n) is 4.06. The van der Waals surface area contributed by atoms with Crippen LogP contribution in [0.3, 0.4) is 0 Å². The third-order valence-corrected chi connectivity index (χ3v) is 5.16. The summed E-state index contributed by atoms with van der Waals surface area (Å²) in [5.41, 5.74) is 2.43. The molecule has 7 nitrogen and oxygen atoms in total. The number of β-lactam (4-membered cyclic amide) rings is 1. The first-order chi connectivity index (χ1) is 11.0. The number of hydrogen-bond donors (Lipinski definition) is 2. The Bertz CT molecular complexity index is 710. The normalized spacial score (nSPS) is 27.6. The molecular weight excluding hydrogens is 298 g/mol. The number of hydrogen-bond acceptors (Lipinski definition) is 4. The molecule has 7 heteroatoms. The minimum atomic E-state index is -1.11. The molecule has 0 aliphatic carbocycles.